The van der Waals surface area contributed by atoms with Crippen LogP contribution in [0.25, 0.3) is 0 Å². The van der Waals surface area contributed by atoms with Gasteiger partial charge in [0.1, 0.15) is 6.10 Å². The first kappa shape index (κ1) is 7.88. The summed E-state index contributed by atoms with van der Waals surface area (Å²) < 4.78 is 28.4. The highest BCUT2D eigenvalue weighted by Gasteiger charge is 2.30. The number of halogens is 2. The predicted octanol–water partition coefficient (Wildman–Crippen LogP) is 0.649. The fourth-order valence-electron chi connectivity index (χ4n) is 1.03. The Balaban J connectivity index is 2.32. The predicted molar refractivity (Wildman–Crippen MR) is 30.9 cm³/mol. The molecule has 0 spiro atoms. The van der Waals surface area contributed by atoms with Gasteiger partial charge in [-0.3, -0.25) is 0 Å². The van der Waals surface area contributed by atoms with E-state index in [0.717, 1.165) is 0 Å². The number of rotatable bonds is 2. The molecular weight excluding hydrogens is 142 g/mol. The van der Waals surface area contributed by atoms with Crippen molar-refractivity contribution >= 4 is 0 Å². The number of ether oxygens (including phenoxy) is 1. The summed E-state index contributed by atoms with van der Waals surface area (Å²) in [6, 6.07) is 0. The summed E-state index contributed by atoms with van der Waals surface area (Å²) in [5.74, 6) is -0.361. The minimum Gasteiger partial charge on any atom is -0.387 e. The molecule has 1 aliphatic rings. The number of hydrogen-bond donors (Lipinski definition) is 1. The molecule has 0 amide bonds. The molecule has 0 saturated carbocycles. The normalized spacial score (nSPS) is 29.4. The van der Waals surface area contributed by atoms with E-state index in [2.05, 4.69) is 0 Å². The Labute approximate surface area is 57.8 Å². The van der Waals surface area contributed by atoms with Crippen molar-refractivity contribution in [3.8, 4) is 0 Å². The van der Waals surface area contributed by atoms with Gasteiger partial charge in [-0.15, -0.1) is 0 Å². The second-order valence-electron chi connectivity index (χ2n) is 2.45. The Bertz CT molecular complexity index is 102. The van der Waals surface area contributed by atoms with Crippen molar-refractivity contribution in [3.05, 3.63) is 0 Å². The molecule has 0 radical (unpaired) electrons. The molecule has 0 aliphatic carbocycles. The van der Waals surface area contributed by atoms with Gasteiger partial charge in [0, 0.05) is 12.5 Å². The Morgan fingerprint density at radius 1 is 1.50 bits per heavy atom. The summed E-state index contributed by atoms with van der Waals surface area (Å²) in [4.78, 5) is 0. The average Bonchev–Trinajstić information content (AvgIpc) is 2.36. The molecule has 1 fully saturated rings. The molecule has 4 heteroatoms. The highest BCUT2D eigenvalue weighted by molar-refractivity contribution is 4.73. The monoisotopic (exact) mass is 152 g/mol. The van der Waals surface area contributed by atoms with Crippen molar-refractivity contribution in [2.24, 2.45) is 5.92 Å². The summed E-state index contributed by atoms with van der Waals surface area (Å²) in [6.45, 7) is 0.764. The maximum Gasteiger partial charge on any atom is 0.264 e. The molecule has 1 saturated heterocycles. The molecule has 1 N–H and O–H groups in total. The van der Waals surface area contributed by atoms with E-state index in [4.69, 9.17) is 9.84 Å². The van der Waals surface area contributed by atoms with E-state index >= 15 is 0 Å². The lowest BCUT2D eigenvalue weighted by Gasteiger charge is -2.14. The van der Waals surface area contributed by atoms with Gasteiger partial charge in [-0.05, 0) is 6.42 Å². The number of aliphatic hydroxyl groups is 1. The third-order valence-electron chi connectivity index (χ3n) is 1.71. The Morgan fingerprint density at radius 2 is 2.20 bits per heavy atom. The number of aliphatic hydroxyl groups excluding tert-OH is 1. The zero-order valence-corrected chi connectivity index (χ0v) is 5.46. The number of alkyl halides is 2. The van der Waals surface area contributed by atoms with Crippen molar-refractivity contribution in [3.63, 3.8) is 0 Å². The SMILES string of the molecule is OC(C(F)F)C1CCOC1. The van der Waals surface area contributed by atoms with Crippen molar-refractivity contribution in [2.75, 3.05) is 13.2 Å². The number of hydrogen-bond acceptors (Lipinski definition) is 2. The fourth-order valence-corrected chi connectivity index (χ4v) is 1.03. The van der Waals surface area contributed by atoms with Crippen molar-refractivity contribution in [1.29, 1.82) is 0 Å². The molecule has 0 aromatic heterocycles. The van der Waals surface area contributed by atoms with Crippen LogP contribution in [0.1, 0.15) is 6.42 Å². The summed E-state index contributed by atoms with van der Waals surface area (Å²) in [6.07, 6.45) is -3.58. The van der Waals surface area contributed by atoms with Gasteiger partial charge in [0.15, 0.2) is 0 Å². The molecule has 10 heavy (non-hydrogen) atoms. The molecule has 60 valence electrons. The van der Waals surface area contributed by atoms with Crippen LogP contribution in [0, 0.1) is 5.92 Å². The average molecular weight is 152 g/mol. The zero-order valence-electron chi connectivity index (χ0n) is 5.46. The second-order valence-corrected chi connectivity index (χ2v) is 2.45. The van der Waals surface area contributed by atoms with Crippen LogP contribution in [0.3, 0.4) is 0 Å². The molecular formula is C6H10F2O2. The van der Waals surface area contributed by atoms with E-state index in [0.29, 0.717) is 13.0 Å². The van der Waals surface area contributed by atoms with Gasteiger partial charge in [-0.1, -0.05) is 0 Å². The topological polar surface area (TPSA) is 29.5 Å². The zero-order chi connectivity index (χ0) is 7.56. The quantitative estimate of drug-likeness (QED) is 0.629. The standard InChI is InChI=1S/C6H10F2O2/c7-6(8)5(9)4-1-2-10-3-4/h4-6,9H,1-3H2. The third-order valence-corrected chi connectivity index (χ3v) is 1.71. The Kier molecular flexibility index (Phi) is 2.56. The van der Waals surface area contributed by atoms with E-state index in [9.17, 15) is 8.78 Å². The molecule has 1 aliphatic heterocycles. The molecule has 1 heterocycles. The first-order chi connectivity index (χ1) is 4.72. The first-order valence-electron chi connectivity index (χ1n) is 3.26. The molecule has 2 unspecified atom stereocenters. The highest BCUT2D eigenvalue weighted by Crippen LogP contribution is 2.20. The van der Waals surface area contributed by atoms with Crippen LogP contribution in [0.15, 0.2) is 0 Å². The fraction of sp³-hybridized carbons (Fsp3) is 1.00. The van der Waals surface area contributed by atoms with Crippen LogP contribution >= 0.6 is 0 Å². The molecule has 2 nitrogen and oxygen atoms in total. The molecule has 0 aromatic carbocycles. The summed E-state index contributed by atoms with van der Waals surface area (Å²) in [7, 11) is 0. The third kappa shape index (κ3) is 1.64. The largest absolute Gasteiger partial charge is 0.387 e. The Hall–Kier alpha value is -0.220. The van der Waals surface area contributed by atoms with Crippen LogP contribution in [0.2, 0.25) is 0 Å². The lowest BCUT2D eigenvalue weighted by molar-refractivity contribution is -0.0399. The molecule has 1 rings (SSSR count). The smallest absolute Gasteiger partial charge is 0.264 e. The molecule has 0 aromatic rings. The van der Waals surface area contributed by atoms with E-state index in [1.165, 1.54) is 0 Å². The molecule has 2 atom stereocenters. The van der Waals surface area contributed by atoms with Crippen LogP contribution in [0.4, 0.5) is 8.78 Å². The van der Waals surface area contributed by atoms with Gasteiger partial charge >= 0.3 is 0 Å². The van der Waals surface area contributed by atoms with Gasteiger partial charge in [0.25, 0.3) is 6.43 Å². The maximum atomic E-state index is 11.8. The molecule has 0 bridgehead atoms. The van der Waals surface area contributed by atoms with Crippen LogP contribution in [-0.2, 0) is 4.74 Å². The highest BCUT2D eigenvalue weighted by atomic mass is 19.3. The van der Waals surface area contributed by atoms with Crippen molar-refractivity contribution < 1.29 is 18.6 Å². The van der Waals surface area contributed by atoms with E-state index in [1.807, 2.05) is 0 Å². The van der Waals surface area contributed by atoms with Crippen molar-refractivity contribution in [1.82, 2.24) is 0 Å². The second kappa shape index (κ2) is 3.25. The Morgan fingerprint density at radius 3 is 2.60 bits per heavy atom. The van der Waals surface area contributed by atoms with Gasteiger partial charge in [-0.2, -0.15) is 0 Å². The minimum atomic E-state index is -2.63. The van der Waals surface area contributed by atoms with Crippen LogP contribution in [-0.4, -0.2) is 30.8 Å². The summed E-state index contributed by atoms with van der Waals surface area (Å²) >= 11 is 0. The van der Waals surface area contributed by atoms with Crippen LogP contribution in [0.5, 0.6) is 0 Å². The minimum absolute atomic E-state index is 0.269. The lowest BCUT2D eigenvalue weighted by Crippen LogP contribution is -2.27. The van der Waals surface area contributed by atoms with E-state index < -0.39 is 12.5 Å². The van der Waals surface area contributed by atoms with Gasteiger partial charge in [0.05, 0.1) is 6.61 Å². The van der Waals surface area contributed by atoms with E-state index in [-0.39, 0.29) is 12.5 Å². The maximum absolute atomic E-state index is 11.8. The van der Waals surface area contributed by atoms with Crippen molar-refractivity contribution in [2.45, 2.75) is 19.0 Å². The summed E-state index contributed by atoms with van der Waals surface area (Å²) in [5.41, 5.74) is 0. The lowest BCUT2D eigenvalue weighted by atomic mass is 10.0. The van der Waals surface area contributed by atoms with Gasteiger partial charge in [0.2, 0.25) is 0 Å². The first-order valence-corrected chi connectivity index (χ1v) is 3.26. The van der Waals surface area contributed by atoms with Gasteiger partial charge in [-0.25, -0.2) is 8.78 Å². The van der Waals surface area contributed by atoms with Gasteiger partial charge < -0.3 is 9.84 Å². The summed E-state index contributed by atoms with van der Waals surface area (Å²) in [5, 5.41) is 8.80. The van der Waals surface area contributed by atoms with Crippen LogP contribution < -0.4 is 0 Å². The van der Waals surface area contributed by atoms with E-state index in [1.54, 1.807) is 0 Å².